The van der Waals surface area contributed by atoms with Crippen LogP contribution in [0.3, 0.4) is 0 Å². The fraction of sp³-hybridized carbons (Fsp3) is 0.357. The van der Waals surface area contributed by atoms with Crippen LogP contribution in [0.1, 0.15) is 57.4 Å². The largest absolute Gasteiger partial charge is 0.224 e. The van der Waals surface area contributed by atoms with Gasteiger partial charge in [-0.15, -0.1) is 0 Å². The molecule has 31 heavy (non-hydrogen) atoms. The van der Waals surface area contributed by atoms with Crippen LogP contribution in [0.5, 0.6) is 0 Å². The van der Waals surface area contributed by atoms with Gasteiger partial charge in [0.1, 0.15) is 0 Å². The van der Waals surface area contributed by atoms with Crippen molar-refractivity contribution in [1.82, 2.24) is 0 Å². The van der Waals surface area contributed by atoms with E-state index in [2.05, 4.69) is 67.7 Å². The molecular weight excluding hydrogens is 400 g/mol. The zero-order valence-electron chi connectivity index (χ0n) is 19.1. The van der Waals surface area contributed by atoms with E-state index in [-0.39, 0.29) is 5.75 Å². The van der Waals surface area contributed by atoms with Crippen molar-refractivity contribution in [2.24, 2.45) is 0 Å². The quantitative estimate of drug-likeness (QED) is 0.261. The van der Waals surface area contributed by atoms with Crippen molar-refractivity contribution in [2.45, 2.75) is 63.7 Å². The van der Waals surface area contributed by atoms with E-state index < -0.39 is 9.84 Å². The summed E-state index contributed by atoms with van der Waals surface area (Å²) in [6.07, 6.45) is 32.2. The Bertz CT molecular complexity index is 864. The molecule has 0 aliphatic carbocycles. The van der Waals surface area contributed by atoms with E-state index in [0.717, 1.165) is 44.1 Å². The lowest BCUT2D eigenvalue weighted by Crippen LogP contribution is -2.05. The first-order valence-corrected chi connectivity index (χ1v) is 12.9. The van der Waals surface area contributed by atoms with Crippen molar-refractivity contribution in [3.8, 4) is 0 Å². The average Bonchev–Trinajstić information content (AvgIpc) is 2.75. The molecule has 0 fully saturated rings. The maximum absolute atomic E-state index is 12.3. The fourth-order valence-corrected chi connectivity index (χ4v) is 3.96. The number of sulfone groups is 1. The van der Waals surface area contributed by atoms with Crippen molar-refractivity contribution in [1.29, 1.82) is 0 Å². The number of aryl methyl sites for hydroxylation is 1. The number of rotatable bonds is 15. The van der Waals surface area contributed by atoms with Crippen molar-refractivity contribution in [3.05, 3.63) is 103 Å². The van der Waals surface area contributed by atoms with Gasteiger partial charge in [-0.3, -0.25) is 0 Å². The third kappa shape index (κ3) is 14.3. The molecule has 0 radical (unpaired) electrons. The number of benzene rings is 1. The molecule has 0 spiro atoms. The molecule has 0 unspecified atom stereocenters. The zero-order chi connectivity index (χ0) is 22.6. The Kier molecular flexibility index (Phi) is 14.9. The smallest absolute Gasteiger partial charge is 0.178 e. The molecule has 0 atom stereocenters. The lowest BCUT2D eigenvalue weighted by molar-refractivity contribution is 0.595. The summed E-state index contributed by atoms with van der Waals surface area (Å²) in [5.74, 6) is 0.151. The summed E-state index contributed by atoms with van der Waals surface area (Å²) >= 11 is 0. The van der Waals surface area contributed by atoms with Gasteiger partial charge in [0.15, 0.2) is 9.84 Å². The van der Waals surface area contributed by atoms with Gasteiger partial charge in [-0.05, 0) is 64.0 Å². The molecule has 1 aromatic rings. The van der Waals surface area contributed by atoms with Gasteiger partial charge < -0.3 is 0 Å². The van der Waals surface area contributed by atoms with Gasteiger partial charge in [0, 0.05) is 0 Å². The minimum Gasteiger partial charge on any atom is -0.224 e. The number of hydrogen-bond acceptors (Lipinski definition) is 2. The minimum atomic E-state index is -3.19. The van der Waals surface area contributed by atoms with E-state index in [9.17, 15) is 8.42 Å². The van der Waals surface area contributed by atoms with Gasteiger partial charge in [-0.25, -0.2) is 8.42 Å². The van der Waals surface area contributed by atoms with E-state index in [1.54, 1.807) is 12.1 Å². The zero-order valence-corrected chi connectivity index (χ0v) is 19.9. The second kappa shape index (κ2) is 17.3. The van der Waals surface area contributed by atoms with Crippen LogP contribution in [-0.4, -0.2) is 14.2 Å². The van der Waals surface area contributed by atoms with Crippen LogP contribution in [0.2, 0.25) is 0 Å². The third-order valence-corrected chi connectivity index (χ3v) is 6.29. The summed E-state index contributed by atoms with van der Waals surface area (Å²) in [6, 6.07) is 7.05. The van der Waals surface area contributed by atoms with E-state index in [1.165, 1.54) is 0 Å². The highest BCUT2D eigenvalue weighted by molar-refractivity contribution is 7.91. The van der Waals surface area contributed by atoms with Gasteiger partial charge in [0.2, 0.25) is 0 Å². The van der Waals surface area contributed by atoms with Crippen LogP contribution < -0.4 is 0 Å². The minimum absolute atomic E-state index is 0.151. The van der Waals surface area contributed by atoms with Crippen LogP contribution in [0.4, 0.5) is 0 Å². The fourth-order valence-electron chi connectivity index (χ4n) is 2.73. The summed E-state index contributed by atoms with van der Waals surface area (Å²) < 4.78 is 24.5. The molecule has 0 heterocycles. The molecule has 168 valence electrons. The molecule has 0 saturated heterocycles. The van der Waals surface area contributed by atoms with Crippen molar-refractivity contribution in [2.75, 3.05) is 5.75 Å². The summed E-state index contributed by atoms with van der Waals surface area (Å²) in [5, 5.41) is 0. The Morgan fingerprint density at radius 1 is 0.613 bits per heavy atom. The number of hydrogen-bond donors (Lipinski definition) is 0. The molecule has 0 aliphatic heterocycles. The normalized spacial score (nSPS) is 13.4. The summed E-state index contributed by atoms with van der Waals surface area (Å²) in [7, 11) is -3.19. The molecule has 3 heteroatoms. The first-order valence-electron chi connectivity index (χ1n) is 11.3. The molecule has 0 N–H and O–H groups in total. The summed E-state index contributed by atoms with van der Waals surface area (Å²) in [4.78, 5) is 0.407. The monoisotopic (exact) mass is 438 g/mol. The lowest BCUT2D eigenvalue weighted by atomic mass is 10.2. The average molecular weight is 439 g/mol. The van der Waals surface area contributed by atoms with Crippen LogP contribution in [0.15, 0.2) is 102 Å². The van der Waals surface area contributed by atoms with E-state index in [4.69, 9.17) is 0 Å². The van der Waals surface area contributed by atoms with Crippen LogP contribution in [0, 0.1) is 6.92 Å². The molecule has 0 aliphatic rings. The second-order valence-corrected chi connectivity index (χ2v) is 9.44. The lowest BCUT2D eigenvalue weighted by Gasteiger charge is -2.02. The van der Waals surface area contributed by atoms with Crippen LogP contribution in [-0.2, 0) is 9.84 Å². The van der Waals surface area contributed by atoms with E-state index in [1.807, 2.05) is 31.2 Å². The second-order valence-electron chi connectivity index (χ2n) is 7.34. The van der Waals surface area contributed by atoms with E-state index in [0.29, 0.717) is 11.3 Å². The van der Waals surface area contributed by atoms with Gasteiger partial charge in [0.05, 0.1) is 10.6 Å². The maximum atomic E-state index is 12.3. The van der Waals surface area contributed by atoms with Crippen molar-refractivity contribution < 1.29 is 8.42 Å². The summed E-state index contributed by atoms with van der Waals surface area (Å²) in [5.41, 5.74) is 1.07. The van der Waals surface area contributed by atoms with E-state index >= 15 is 0 Å². The van der Waals surface area contributed by atoms with Crippen molar-refractivity contribution in [3.63, 3.8) is 0 Å². The Labute approximate surface area is 190 Å². The van der Waals surface area contributed by atoms with Crippen molar-refractivity contribution >= 4 is 9.84 Å². The van der Waals surface area contributed by atoms with Crippen LogP contribution in [0.25, 0.3) is 0 Å². The predicted molar refractivity (Wildman–Crippen MR) is 136 cm³/mol. The van der Waals surface area contributed by atoms with Gasteiger partial charge in [-0.2, -0.15) is 0 Å². The first kappa shape index (κ1) is 26.6. The highest BCUT2D eigenvalue weighted by atomic mass is 32.2. The maximum Gasteiger partial charge on any atom is 0.178 e. The SMILES string of the molecule is CC/C=C\C/C=C\C/C=C\C/C=C\C/C=C\C/C=C\CCS(=O)(=O)c1ccc(C)cc1. The third-order valence-electron chi connectivity index (χ3n) is 4.53. The molecule has 1 rings (SSSR count). The molecule has 0 saturated carbocycles. The Morgan fingerprint density at radius 2 is 1.00 bits per heavy atom. The Morgan fingerprint density at radius 3 is 1.42 bits per heavy atom. The highest BCUT2D eigenvalue weighted by Gasteiger charge is 2.12. The molecule has 0 amide bonds. The highest BCUT2D eigenvalue weighted by Crippen LogP contribution is 2.13. The predicted octanol–water partition coefficient (Wildman–Crippen LogP) is 7.86. The molecule has 0 aromatic heterocycles. The Hall–Kier alpha value is -2.39. The molecular formula is C28H38O2S. The first-order chi connectivity index (χ1) is 15.1. The van der Waals surface area contributed by atoms with Gasteiger partial charge in [0.25, 0.3) is 0 Å². The van der Waals surface area contributed by atoms with Gasteiger partial charge in [-0.1, -0.05) is 97.5 Å². The van der Waals surface area contributed by atoms with Crippen LogP contribution >= 0.6 is 0 Å². The standard InChI is InChI=1S/C28H38O2S/c1-3-4-5-6-7-8-9-10-11-12-13-14-15-16-17-18-19-20-21-26-31(29,30)28-24-22-27(2)23-25-28/h4-5,7-8,10-11,13-14,16-17,19-20,22-25H,3,6,9,12,15,18,21,26H2,1-2H3/b5-4-,8-7-,11-10-,14-13-,17-16-,20-19-. The molecule has 2 nitrogen and oxygen atoms in total. The number of allylic oxidation sites excluding steroid dienone is 12. The molecule has 0 bridgehead atoms. The summed E-state index contributed by atoms with van der Waals surface area (Å²) in [6.45, 7) is 4.10. The Balaban J connectivity index is 2.10. The molecule has 1 aromatic carbocycles. The van der Waals surface area contributed by atoms with Gasteiger partial charge >= 0.3 is 0 Å². The topological polar surface area (TPSA) is 34.1 Å².